The minimum atomic E-state index is -0.508. The van der Waals surface area contributed by atoms with Crippen molar-refractivity contribution in [3.05, 3.63) is 34.3 Å². The summed E-state index contributed by atoms with van der Waals surface area (Å²) in [6.45, 7) is 0. The maximum atomic E-state index is 11.1. The molecule has 2 N–H and O–H groups in total. The van der Waals surface area contributed by atoms with E-state index in [0.717, 1.165) is 16.0 Å². The minimum absolute atomic E-state index is 0.341. The molecule has 0 amide bonds. The fourth-order valence-electron chi connectivity index (χ4n) is 1.28. The Bertz CT molecular complexity index is 373. The molecule has 17 heavy (non-hydrogen) atoms. The normalized spacial score (nSPS) is 12.2. The van der Waals surface area contributed by atoms with Crippen molar-refractivity contribution in [2.45, 2.75) is 18.2 Å². The average molecular weight is 318 g/mol. The lowest BCUT2D eigenvalue weighted by Crippen LogP contribution is -2.31. The van der Waals surface area contributed by atoms with Crippen molar-refractivity contribution in [1.82, 2.24) is 0 Å². The summed E-state index contributed by atoms with van der Waals surface area (Å²) in [5.41, 5.74) is 6.89. The molecule has 0 fully saturated rings. The molecule has 0 saturated heterocycles. The summed E-state index contributed by atoms with van der Waals surface area (Å²) < 4.78 is 5.68. The van der Waals surface area contributed by atoms with Crippen LogP contribution in [0, 0.1) is 0 Å². The lowest BCUT2D eigenvalue weighted by Gasteiger charge is -2.09. The van der Waals surface area contributed by atoms with Gasteiger partial charge in [0.15, 0.2) is 0 Å². The fraction of sp³-hybridized carbons (Fsp3) is 0.417. The van der Waals surface area contributed by atoms with E-state index < -0.39 is 6.04 Å². The van der Waals surface area contributed by atoms with Gasteiger partial charge in [-0.25, -0.2) is 0 Å². The molecule has 1 rings (SSSR count). The van der Waals surface area contributed by atoms with Crippen molar-refractivity contribution in [3.8, 4) is 0 Å². The van der Waals surface area contributed by atoms with E-state index in [1.807, 2.05) is 18.2 Å². The zero-order valence-corrected chi connectivity index (χ0v) is 12.1. The molecule has 0 aliphatic rings. The van der Waals surface area contributed by atoms with Crippen LogP contribution in [0.25, 0.3) is 0 Å². The molecule has 0 radical (unpaired) electrons. The van der Waals surface area contributed by atoms with E-state index in [0.29, 0.717) is 6.42 Å². The van der Waals surface area contributed by atoms with Gasteiger partial charge in [-0.15, -0.1) is 0 Å². The number of thioether (sulfide) groups is 1. The van der Waals surface area contributed by atoms with Crippen molar-refractivity contribution in [2.75, 3.05) is 12.9 Å². The molecule has 1 aromatic carbocycles. The van der Waals surface area contributed by atoms with Crippen LogP contribution in [0.5, 0.6) is 0 Å². The Morgan fingerprint density at radius 3 is 2.88 bits per heavy atom. The van der Waals surface area contributed by atoms with E-state index in [2.05, 4.69) is 26.7 Å². The van der Waals surface area contributed by atoms with Crippen LogP contribution in [0.1, 0.15) is 12.0 Å². The average Bonchev–Trinajstić information content (AvgIpc) is 2.35. The summed E-state index contributed by atoms with van der Waals surface area (Å²) >= 11 is 5.26. The first kappa shape index (κ1) is 14.5. The first-order valence-corrected chi connectivity index (χ1v) is 7.24. The molecule has 0 aromatic heterocycles. The van der Waals surface area contributed by atoms with Gasteiger partial charge in [0, 0.05) is 10.2 Å². The van der Waals surface area contributed by atoms with Crippen LogP contribution >= 0.6 is 27.7 Å². The summed E-state index contributed by atoms with van der Waals surface area (Å²) in [4.78, 5) is 11.1. The zero-order chi connectivity index (χ0) is 12.7. The van der Waals surface area contributed by atoms with Crippen LogP contribution in [0.3, 0.4) is 0 Å². The number of halogens is 1. The topological polar surface area (TPSA) is 52.3 Å². The van der Waals surface area contributed by atoms with Crippen molar-refractivity contribution in [1.29, 1.82) is 0 Å². The number of ether oxygens (including phenoxy) is 1. The molecule has 0 saturated carbocycles. The van der Waals surface area contributed by atoms with Gasteiger partial charge in [0.1, 0.15) is 6.04 Å². The van der Waals surface area contributed by atoms with E-state index in [9.17, 15) is 4.79 Å². The van der Waals surface area contributed by atoms with Crippen LogP contribution in [-0.2, 0) is 15.3 Å². The van der Waals surface area contributed by atoms with E-state index >= 15 is 0 Å². The lowest BCUT2D eigenvalue weighted by molar-refractivity contribution is -0.142. The zero-order valence-electron chi connectivity index (χ0n) is 9.69. The molecular weight excluding hydrogens is 302 g/mol. The fourth-order valence-corrected chi connectivity index (χ4v) is 2.92. The van der Waals surface area contributed by atoms with Crippen molar-refractivity contribution >= 4 is 33.7 Å². The van der Waals surface area contributed by atoms with Crippen molar-refractivity contribution in [2.24, 2.45) is 5.73 Å². The van der Waals surface area contributed by atoms with Crippen LogP contribution in [0.2, 0.25) is 0 Å². The third-order valence-electron chi connectivity index (χ3n) is 2.29. The van der Waals surface area contributed by atoms with E-state index in [4.69, 9.17) is 5.73 Å². The number of carbonyl (C=O) groups excluding carboxylic acids is 1. The van der Waals surface area contributed by atoms with Crippen molar-refractivity contribution < 1.29 is 9.53 Å². The minimum Gasteiger partial charge on any atom is -0.468 e. The van der Waals surface area contributed by atoms with Crippen LogP contribution in [0.15, 0.2) is 28.7 Å². The molecule has 3 nitrogen and oxygen atoms in total. The lowest BCUT2D eigenvalue weighted by atomic mass is 10.2. The largest absolute Gasteiger partial charge is 0.468 e. The predicted molar refractivity (Wildman–Crippen MR) is 74.9 cm³/mol. The molecule has 0 spiro atoms. The number of benzene rings is 1. The first-order chi connectivity index (χ1) is 8.15. The summed E-state index contributed by atoms with van der Waals surface area (Å²) in [5, 5.41) is 0. The molecule has 0 aliphatic heterocycles. The molecule has 5 heteroatoms. The molecule has 1 unspecified atom stereocenters. The van der Waals surface area contributed by atoms with E-state index in [-0.39, 0.29) is 5.97 Å². The predicted octanol–water partition coefficient (Wildman–Crippen LogP) is 2.57. The van der Waals surface area contributed by atoms with E-state index in [1.165, 1.54) is 12.7 Å². The van der Waals surface area contributed by atoms with Gasteiger partial charge in [-0.05, 0) is 23.8 Å². The number of hydrogen-bond acceptors (Lipinski definition) is 4. The van der Waals surface area contributed by atoms with Gasteiger partial charge in [0.2, 0.25) is 0 Å². The number of carbonyl (C=O) groups is 1. The Kier molecular flexibility index (Phi) is 6.62. The summed E-state index contributed by atoms with van der Waals surface area (Å²) in [6, 6.07) is 7.60. The summed E-state index contributed by atoms with van der Waals surface area (Å²) in [6.07, 6.45) is 0.641. The molecule has 0 aliphatic carbocycles. The number of rotatable bonds is 6. The Labute approximate surface area is 114 Å². The Hall–Kier alpha value is -0.520. The Balaban J connectivity index is 2.25. The third kappa shape index (κ3) is 5.10. The SMILES string of the molecule is COC(=O)C(N)CCSCc1ccccc1Br. The van der Waals surface area contributed by atoms with Gasteiger partial charge in [-0.2, -0.15) is 11.8 Å². The van der Waals surface area contributed by atoms with Crippen molar-refractivity contribution in [3.63, 3.8) is 0 Å². The van der Waals surface area contributed by atoms with Gasteiger partial charge in [-0.1, -0.05) is 34.1 Å². The number of methoxy groups -OCH3 is 1. The number of esters is 1. The van der Waals surface area contributed by atoms with Gasteiger partial charge in [-0.3, -0.25) is 4.79 Å². The summed E-state index contributed by atoms with van der Waals surface area (Å²) in [5.74, 6) is 1.42. The molecule has 1 aromatic rings. The van der Waals surface area contributed by atoms with Gasteiger partial charge in [0.05, 0.1) is 7.11 Å². The highest BCUT2D eigenvalue weighted by atomic mass is 79.9. The van der Waals surface area contributed by atoms with Crippen LogP contribution < -0.4 is 5.73 Å². The third-order valence-corrected chi connectivity index (χ3v) is 4.11. The standard InChI is InChI=1S/C12H16BrNO2S/c1-16-12(15)11(14)6-7-17-8-9-4-2-3-5-10(9)13/h2-5,11H,6-8,14H2,1H3. The van der Waals surface area contributed by atoms with Crippen LogP contribution in [-0.4, -0.2) is 24.9 Å². The maximum Gasteiger partial charge on any atom is 0.322 e. The first-order valence-electron chi connectivity index (χ1n) is 5.29. The maximum absolute atomic E-state index is 11.1. The highest BCUT2D eigenvalue weighted by molar-refractivity contribution is 9.10. The second kappa shape index (κ2) is 7.74. The van der Waals surface area contributed by atoms with Crippen LogP contribution in [0.4, 0.5) is 0 Å². The van der Waals surface area contributed by atoms with Gasteiger partial charge in [0.25, 0.3) is 0 Å². The monoisotopic (exact) mass is 317 g/mol. The number of hydrogen-bond donors (Lipinski definition) is 1. The Morgan fingerprint density at radius 2 is 2.24 bits per heavy atom. The highest BCUT2D eigenvalue weighted by Gasteiger charge is 2.12. The molecule has 0 bridgehead atoms. The second-order valence-corrected chi connectivity index (χ2v) is 5.52. The second-order valence-electron chi connectivity index (χ2n) is 3.56. The smallest absolute Gasteiger partial charge is 0.322 e. The molecule has 94 valence electrons. The summed E-state index contributed by atoms with van der Waals surface area (Å²) in [7, 11) is 1.36. The molecule has 1 atom stereocenters. The van der Waals surface area contributed by atoms with E-state index in [1.54, 1.807) is 11.8 Å². The quantitative estimate of drug-likeness (QED) is 0.647. The Morgan fingerprint density at radius 1 is 1.53 bits per heavy atom. The van der Waals surface area contributed by atoms with Gasteiger partial charge < -0.3 is 10.5 Å². The van der Waals surface area contributed by atoms with Gasteiger partial charge >= 0.3 is 5.97 Å². The highest BCUT2D eigenvalue weighted by Crippen LogP contribution is 2.21. The number of nitrogens with two attached hydrogens (primary N) is 1. The molecule has 0 heterocycles. The molecular formula is C12H16BrNO2S.